The van der Waals surface area contributed by atoms with Crippen LogP contribution in [-0.2, 0) is 4.79 Å². The fourth-order valence-electron chi connectivity index (χ4n) is 1.88. The van der Waals surface area contributed by atoms with Crippen molar-refractivity contribution in [2.75, 3.05) is 7.05 Å². The summed E-state index contributed by atoms with van der Waals surface area (Å²) in [5.41, 5.74) is 1.83. The molecular formula is C15H16N2O3S. The van der Waals surface area contributed by atoms with Gasteiger partial charge in [0, 0.05) is 7.05 Å². The average Bonchev–Trinajstić information content (AvgIpc) is 2.99. The highest BCUT2D eigenvalue weighted by Gasteiger charge is 2.24. The Kier molecular flexibility index (Phi) is 4.37. The lowest BCUT2D eigenvalue weighted by molar-refractivity contribution is -0.141. The molecule has 0 saturated carbocycles. The molecule has 0 aliphatic carbocycles. The third-order valence-corrected chi connectivity index (χ3v) is 4.24. The normalized spacial score (nSPS) is 12.0. The van der Waals surface area contributed by atoms with Crippen LogP contribution in [0.1, 0.15) is 23.0 Å². The van der Waals surface area contributed by atoms with Crippen LogP contribution in [0.5, 0.6) is 0 Å². The smallest absolute Gasteiger partial charge is 0.326 e. The van der Waals surface area contributed by atoms with Crippen molar-refractivity contribution >= 4 is 23.2 Å². The van der Waals surface area contributed by atoms with Gasteiger partial charge in [-0.1, -0.05) is 6.07 Å². The van der Waals surface area contributed by atoms with Crippen LogP contribution in [-0.4, -0.2) is 40.0 Å². The Morgan fingerprint density at radius 1 is 1.33 bits per heavy atom. The number of pyridine rings is 1. The number of carboxylic acid groups (broad SMARTS) is 1. The summed E-state index contributed by atoms with van der Waals surface area (Å²) in [5, 5.41) is 10.9. The van der Waals surface area contributed by atoms with Gasteiger partial charge in [-0.15, -0.1) is 11.3 Å². The maximum atomic E-state index is 12.3. The van der Waals surface area contributed by atoms with Crippen LogP contribution in [0.3, 0.4) is 0 Å². The molecule has 0 spiro atoms. The van der Waals surface area contributed by atoms with Crippen molar-refractivity contribution in [3.8, 4) is 10.6 Å². The maximum Gasteiger partial charge on any atom is 0.326 e. The summed E-state index contributed by atoms with van der Waals surface area (Å²) in [6.45, 7) is 3.23. The van der Waals surface area contributed by atoms with Crippen molar-refractivity contribution in [3.63, 3.8) is 0 Å². The largest absolute Gasteiger partial charge is 0.480 e. The molecular weight excluding hydrogens is 288 g/mol. The fourth-order valence-corrected chi connectivity index (χ4v) is 2.58. The summed E-state index contributed by atoms with van der Waals surface area (Å²) in [4.78, 5) is 30.0. The van der Waals surface area contributed by atoms with E-state index in [0.717, 1.165) is 10.6 Å². The molecule has 0 saturated heterocycles. The number of amides is 1. The molecule has 0 aliphatic rings. The van der Waals surface area contributed by atoms with E-state index in [1.165, 1.54) is 18.9 Å². The second kappa shape index (κ2) is 6.05. The van der Waals surface area contributed by atoms with Crippen LogP contribution in [0.4, 0.5) is 0 Å². The highest BCUT2D eigenvalue weighted by atomic mass is 32.1. The van der Waals surface area contributed by atoms with Crippen LogP contribution >= 0.6 is 11.3 Å². The molecule has 0 bridgehead atoms. The van der Waals surface area contributed by atoms with Gasteiger partial charge < -0.3 is 10.0 Å². The number of likely N-dealkylation sites (N-methyl/N-ethyl adjacent to an activating group) is 1. The van der Waals surface area contributed by atoms with E-state index in [-0.39, 0.29) is 5.91 Å². The summed E-state index contributed by atoms with van der Waals surface area (Å²) >= 11 is 1.58. The number of rotatable bonds is 4. The van der Waals surface area contributed by atoms with Crippen molar-refractivity contribution in [2.45, 2.75) is 19.9 Å². The molecule has 1 unspecified atom stereocenters. The van der Waals surface area contributed by atoms with Crippen LogP contribution in [0.25, 0.3) is 10.6 Å². The van der Waals surface area contributed by atoms with Gasteiger partial charge in [-0.2, -0.15) is 0 Å². The molecule has 110 valence electrons. The predicted octanol–water partition coefficient (Wildman–Crippen LogP) is 2.66. The van der Waals surface area contributed by atoms with E-state index in [9.17, 15) is 9.59 Å². The topological polar surface area (TPSA) is 70.5 Å². The number of carbonyl (C=O) groups is 2. The Morgan fingerprint density at radius 2 is 2.05 bits per heavy atom. The first-order valence-corrected chi connectivity index (χ1v) is 7.31. The Hall–Kier alpha value is -2.21. The second-order valence-corrected chi connectivity index (χ2v) is 5.68. The van der Waals surface area contributed by atoms with Crippen molar-refractivity contribution in [1.29, 1.82) is 0 Å². The van der Waals surface area contributed by atoms with E-state index in [1.807, 2.05) is 17.5 Å². The number of aliphatic carboxylic acids is 1. The van der Waals surface area contributed by atoms with Gasteiger partial charge in [-0.25, -0.2) is 4.79 Å². The van der Waals surface area contributed by atoms with Crippen molar-refractivity contribution < 1.29 is 14.7 Å². The number of carboxylic acids is 1. The highest BCUT2D eigenvalue weighted by Crippen LogP contribution is 2.24. The first-order valence-electron chi connectivity index (χ1n) is 6.43. The first-order chi connectivity index (χ1) is 9.91. The van der Waals surface area contributed by atoms with Gasteiger partial charge in [-0.05, 0) is 37.4 Å². The van der Waals surface area contributed by atoms with E-state index in [4.69, 9.17) is 5.11 Å². The molecule has 0 aromatic carbocycles. The Bertz CT molecular complexity index is 668. The zero-order chi connectivity index (χ0) is 15.6. The van der Waals surface area contributed by atoms with E-state index < -0.39 is 12.0 Å². The maximum absolute atomic E-state index is 12.3. The molecule has 1 atom stereocenters. The summed E-state index contributed by atoms with van der Waals surface area (Å²) in [7, 11) is 1.48. The van der Waals surface area contributed by atoms with Crippen LogP contribution in [0.15, 0.2) is 29.6 Å². The minimum atomic E-state index is -1.04. The van der Waals surface area contributed by atoms with Gasteiger partial charge in [-0.3, -0.25) is 9.78 Å². The van der Waals surface area contributed by atoms with Crippen molar-refractivity contribution in [1.82, 2.24) is 9.88 Å². The van der Waals surface area contributed by atoms with Crippen LogP contribution in [0.2, 0.25) is 0 Å². The van der Waals surface area contributed by atoms with E-state index in [1.54, 1.807) is 30.4 Å². The summed E-state index contributed by atoms with van der Waals surface area (Å²) in [6.07, 6.45) is 0. The molecule has 0 fully saturated rings. The quantitative estimate of drug-likeness (QED) is 0.942. The third-order valence-electron chi connectivity index (χ3n) is 3.35. The molecule has 0 aliphatic heterocycles. The van der Waals surface area contributed by atoms with Gasteiger partial charge in [0.05, 0.1) is 21.8 Å². The average molecular weight is 304 g/mol. The SMILES string of the molecule is Cc1nc(-c2cccs2)ccc1C(=O)N(C)C(C)C(=O)O. The summed E-state index contributed by atoms with van der Waals surface area (Å²) < 4.78 is 0. The number of nitrogens with zero attached hydrogens (tertiary/aromatic N) is 2. The number of hydrogen-bond donors (Lipinski definition) is 1. The molecule has 2 heterocycles. The Balaban J connectivity index is 2.29. The second-order valence-electron chi connectivity index (χ2n) is 4.74. The van der Waals surface area contributed by atoms with Gasteiger partial charge in [0.2, 0.25) is 0 Å². The molecule has 2 rings (SSSR count). The number of aromatic nitrogens is 1. The molecule has 2 aromatic heterocycles. The number of thiophene rings is 1. The molecule has 6 heteroatoms. The summed E-state index contributed by atoms with van der Waals surface area (Å²) in [5.74, 6) is -1.38. The van der Waals surface area contributed by atoms with Gasteiger partial charge in [0.1, 0.15) is 6.04 Å². The Labute approximate surface area is 126 Å². The fraction of sp³-hybridized carbons (Fsp3) is 0.267. The lowest BCUT2D eigenvalue weighted by atomic mass is 10.1. The van der Waals surface area contributed by atoms with Crippen LogP contribution in [0, 0.1) is 6.92 Å². The molecule has 5 nitrogen and oxygen atoms in total. The van der Waals surface area contributed by atoms with E-state index in [0.29, 0.717) is 11.3 Å². The summed E-state index contributed by atoms with van der Waals surface area (Å²) in [6, 6.07) is 6.51. The van der Waals surface area contributed by atoms with E-state index >= 15 is 0 Å². The van der Waals surface area contributed by atoms with Gasteiger partial charge >= 0.3 is 5.97 Å². The monoisotopic (exact) mass is 304 g/mol. The predicted molar refractivity (Wildman–Crippen MR) is 81.5 cm³/mol. The third kappa shape index (κ3) is 3.11. The van der Waals surface area contributed by atoms with E-state index in [2.05, 4.69) is 4.98 Å². The number of hydrogen-bond acceptors (Lipinski definition) is 4. The lowest BCUT2D eigenvalue weighted by Crippen LogP contribution is -2.40. The molecule has 0 radical (unpaired) electrons. The van der Waals surface area contributed by atoms with Crippen molar-refractivity contribution in [3.05, 3.63) is 40.9 Å². The van der Waals surface area contributed by atoms with Crippen LogP contribution < -0.4 is 0 Å². The molecule has 1 amide bonds. The molecule has 2 aromatic rings. The minimum absolute atomic E-state index is 0.340. The minimum Gasteiger partial charge on any atom is -0.480 e. The standard InChI is InChI=1S/C15H16N2O3S/c1-9-11(14(18)17(3)10(2)15(19)20)6-7-12(16-9)13-5-4-8-21-13/h4-8,10H,1-3H3,(H,19,20). The number of aryl methyl sites for hydroxylation is 1. The molecule has 1 N–H and O–H groups in total. The zero-order valence-electron chi connectivity index (χ0n) is 12.0. The van der Waals surface area contributed by atoms with Crippen molar-refractivity contribution in [2.24, 2.45) is 0 Å². The van der Waals surface area contributed by atoms with Gasteiger partial charge in [0.15, 0.2) is 0 Å². The first kappa shape index (κ1) is 15.2. The zero-order valence-corrected chi connectivity index (χ0v) is 12.8. The number of carbonyl (C=O) groups excluding carboxylic acids is 1. The Morgan fingerprint density at radius 3 is 2.57 bits per heavy atom. The van der Waals surface area contributed by atoms with Gasteiger partial charge in [0.25, 0.3) is 5.91 Å². The molecule has 21 heavy (non-hydrogen) atoms. The lowest BCUT2D eigenvalue weighted by Gasteiger charge is -2.22. The highest BCUT2D eigenvalue weighted by molar-refractivity contribution is 7.13.